The number of fused-ring (bicyclic) bond motifs is 1. The number of hydrogen-bond donors (Lipinski definition) is 1. The maximum Gasteiger partial charge on any atom is 1.00 e. The largest absolute Gasteiger partial charge is 1.00 e. The predicted molar refractivity (Wildman–Crippen MR) is 88.6 cm³/mol. The Labute approximate surface area is 186 Å². The number of rotatable bonds is 8. The number of Topliss-reactive ketones (excluding diaryl/α,β-unsaturated/α-hetero) is 2. The number of hydrogen-bond acceptors (Lipinski definition) is 9. The van der Waals surface area contributed by atoms with Gasteiger partial charge in [-0.15, -0.1) is 11.8 Å². The Kier molecular flexibility index (Phi) is 8.86. The Morgan fingerprint density at radius 2 is 1.79 bits per heavy atom. The number of β-lactam (4-membered cyclic amide) rings is 1. The summed E-state index contributed by atoms with van der Waals surface area (Å²) in [4.78, 5) is 69.8. The molecule has 1 N–H and O–H groups in total. The van der Waals surface area contributed by atoms with Crippen LogP contribution in [0.1, 0.15) is 26.7 Å². The van der Waals surface area contributed by atoms with Gasteiger partial charge in [-0.3, -0.25) is 28.9 Å². The molecule has 2 amide bonds. The van der Waals surface area contributed by atoms with E-state index in [4.69, 9.17) is 4.74 Å². The van der Waals surface area contributed by atoms with Crippen molar-refractivity contribution in [3.63, 3.8) is 0 Å². The maximum absolute atomic E-state index is 12.3. The number of nitrogens with one attached hydrogen (secondary N) is 1. The molecular formula is C16H17N2NaO8S. The number of carbonyl (C=O) groups is 6. The molecule has 2 aliphatic heterocycles. The van der Waals surface area contributed by atoms with Crippen LogP contribution in [0.3, 0.4) is 0 Å². The van der Waals surface area contributed by atoms with E-state index in [1.165, 1.54) is 25.6 Å². The first-order valence-corrected chi connectivity index (χ1v) is 8.98. The molecule has 0 radical (unpaired) electrons. The number of nitrogens with zero attached hydrogens (tertiary/aromatic N) is 1. The molecule has 0 aromatic heterocycles. The molecule has 2 heterocycles. The van der Waals surface area contributed by atoms with Gasteiger partial charge >= 0.3 is 35.5 Å². The molecule has 0 aromatic carbocycles. The zero-order valence-corrected chi connectivity index (χ0v) is 18.4. The van der Waals surface area contributed by atoms with Gasteiger partial charge in [0.1, 0.15) is 36.0 Å². The minimum Gasteiger partial charge on any atom is -0.543 e. The Hall–Kier alpha value is -1.69. The molecule has 0 unspecified atom stereocenters. The van der Waals surface area contributed by atoms with Crippen LogP contribution in [-0.2, 0) is 33.5 Å². The third-order valence-corrected chi connectivity index (χ3v) is 5.11. The van der Waals surface area contributed by atoms with E-state index in [0.717, 1.165) is 4.90 Å². The normalized spacial score (nSPS) is 20.4. The van der Waals surface area contributed by atoms with Crippen molar-refractivity contribution in [1.82, 2.24) is 10.2 Å². The summed E-state index contributed by atoms with van der Waals surface area (Å²) in [6.07, 6.45) is -0.807. The summed E-state index contributed by atoms with van der Waals surface area (Å²) < 4.78 is 4.88. The van der Waals surface area contributed by atoms with Gasteiger partial charge in [0.25, 0.3) is 5.91 Å². The molecule has 1 fully saturated rings. The molecule has 0 bridgehead atoms. The molecule has 0 aliphatic carbocycles. The monoisotopic (exact) mass is 420 g/mol. The van der Waals surface area contributed by atoms with E-state index in [0.29, 0.717) is 0 Å². The van der Waals surface area contributed by atoms with Crippen molar-refractivity contribution in [2.75, 3.05) is 12.4 Å². The average Bonchev–Trinajstić information content (AvgIpc) is 2.55. The molecule has 0 aromatic rings. The van der Waals surface area contributed by atoms with E-state index < -0.39 is 53.1 Å². The Bertz CT molecular complexity index is 766. The summed E-state index contributed by atoms with van der Waals surface area (Å²) in [6, 6.07) is -0.946. The average molecular weight is 420 g/mol. The van der Waals surface area contributed by atoms with Crippen LogP contribution in [-0.4, -0.2) is 64.0 Å². The fraction of sp³-hybridized carbons (Fsp3) is 0.500. The van der Waals surface area contributed by atoms with Gasteiger partial charge < -0.3 is 20.0 Å². The Morgan fingerprint density at radius 3 is 2.32 bits per heavy atom. The SMILES string of the molecule is CC(=O)CC(=O)N[C@@H]1C(=O)N2C(C(=O)[O-])=C(COC(=O)CC(C)=O)CS[C@@H]12.[Na+]. The number of carboxylic acids is 1. The number of thioether (sulfide) groups is 1. The summed E-state index contributed by atoms with van der Waals surface area (Å²) >= 11 is 1.18. The Balaban J connectivity index is 0.00000392. The number of carbonyl (C=O) groups excluding carboxylic acids is 6. The van der Waals surface area contributed by atoms with Crippen molar-refractivity contribution in [3.8, 4) is 0 Å². The number of aliphatic carboxylic acids is 1. The standard InChI is InChI=1S/C16H18N2O8S.Na/c1-7(19)3-10(21)17-12-14(23)18-13(16(24)25)9(6-27-15(12)18)5-26-11(22)4-8(2)20;/h12,15H,3-6H2,1-2H3,(H,17,21)(H,24,25);/q;+1/p-1/t12-,15+;/m1./s1. The van der Waals surface area contributed by atoms with Crippen LogP contribution < -0.4 is 40.0 Å². The van der Waals surface area contributed by atoms with E-state index in [1.807, 2.05) is 0 Å². The second kappa shape index (κ2) is 10.2. The van der Waals surface area contributed by atoms with Crippen LogP contribution in [0.4, 0.5) is 0 Å². The first kappa shape index (κ1) is 24.3. The van der Waals surface area contributed by atoms with Gasteiger partial charge in [-0.2, -0.15) is 0 Å². The summed E-state index contributed by atoms with van der Waals surface area (Å²) in [5, 5.41) is 13.3. The third-order valence-electron chi connectivity index (χ3n) is 3.77. The molecule has 2 atom stereocenters. The van der Waals surface area contributed by atoms with Crippen molar-refractivity contribution in [3.05, 3.63) is 11.3 Å². The van der Waals surface area contributed by atoms with Crippen molar-refractivity contribution < 1.29 is 68.2 Å². The fourth-order valence-corrected chi connectivity index (χ4v) is 3.98. The van der Waals surface area contributed by atoms with Gasteiger partial charge in [0, 0.05) is 11.3 Å². The number of carboxylic acid groups (broad SMARTS) is 1. The minimum absolute atomic E-state index is 0. The van der Waals surface area contributed by atoms with Gasteiger partial charge in [0.15, 0.2) is 0 Å². The minimum atomic E-state index is -1.61. The molecule has 12 heteroatoms. The second-order valence-corrected chi connectivity index (χ2v) is 7.22. The number of ether oxygens (including phenoxy) is 1. The molecule has 28 heavy (non-hydrogen) atoms. The fourth-order valence-electron chi connectivity index (χ4n) is 2.66. The van der Waals surface area contributed by atoms with E-state index in [-0.39, 0.29) is 59.7 Å². The van der Waals surface area contributed by atoms with Crippen molar-refractivity contribution in [2.45, 2.75) is 38.1 Å². The molecule has 146 valence electrons. The summed E-state index contributed by atoms with van der Waals surface area (Å²) in [5.41, 5.74) is -0.244. The third kappa shape index (κ3) is 5.66. The summed E-state index contributed by atoms with van der Waals surface area (Å²) in [5.74, 6) is -4.32. The van der Waals surface area contributed by atoms with Gasteiger partial charge in [-0.25, -0.2) is 0 Å². The van der Waals surface area contributed by atoms with Gasteiger partial charge in [0.2, 0.25) is 5.91 Å². The molecule has 0 spiro atoms. The zero-order valence-electron chi connectivity index (χ0n) is 15.6. The number of amides is 2. The first-order valence-electron chi connectivity index (χ1n) is 7.93. The maximum atomic E-state index is 12.3. The molecule has 10 nitrogen and oxygen atoms in total. The van der Waals surface area contributed by atoms with E-state index >= 15 is 0 Å². The molecule has 1 saturated heterocycles. The Morgan fingerprint density at radius 1 is 1.18 bits per heavy atom. The molecular weight excluding hydrogens is 403 g/mol. The van der Waals surface area contributed by atoms with E-state index in [2.05, 4.69) is 5.32 Å². The van der Waals surface area contributed by atoms with E-state index in [1.54, 1.807) is 0 Å². The number of ketones is 2. The van der Waals surface area contributed by atoms with Crippen molar-refractivity contribution >= 4 is 47.1 Å². The van der Waals surface area contributed by atoms with Gasteiger partial charge in [-0.1, -0.05) is 0 Å². The summed E-state index contributed by atoms with van der Waals surface area (Å²) in [6.45, 7) is 2.06. The van der Waals surface area contributed by atoms with Crippen LogP contribution in [0.2, 0.25) is 0 Å². The summed E-state index contributed by atoms with van der Waals surface area (Å²) in [7, 11) is 0. The van der Waals surface area contributed by atoms with Crippen molar-refractivity contribution in [2.24, 2.45) is 0 Å². The molecule has 2 aliphatic rings. The molecule has 2 rings (SSSR count). The van der Waals surface area contributed by atoms with Crippen LogP contribution >= 0.6 is 11.8 Å². The van der Waals surface area contributed by atoms with Crippen LogP contribution in [0.15, 0.2) is 11.3 Å². The zero-order chi connectivity index (χ0) is 20.3. The quantitative estimate of drug-likeness (QED) is 0.176. The van der Waals surface area contributed by atoms with Crippen LogP contribution in [0.5, 0.6) is 0 Å². The predicted octanol–water partition coefficient (Wildman–Crippen LogP) is -5.10. The second-order valence-electron chi connectivity index (χ2n) is 6.11. The smallest absolute Gasteiger partial charge is 0.543 e. The van der Waals surface area contributed by atoms with Crippen LogP contribution in [0.25, 0.3) is 0 Å². The first-order chi connectivity index (χ1) is 12.6. The number of esters is 1. The van der Waals surface area contributed by atoms with E-state index in [9.17, 15) is 33.9 Å². The molecule has 0 saturated carbocycles. The van der Waals surface area contributed by atoms with Crippen molar-refractivity contribution in [1.29, 1.82) is 0 Å². The van der Waals surface area contributed by atoms with Crippen LogP contribution in [0, 0.1) is 0 Å². The van der Waals surface area contributed by atoms with Gasteiger partial charge in [0.05, 0.1) is 18.1 Å². The topological polar surface area (TPSA) is 150 Å². The van der Waals surface area contributed by atoms with Gasteiger partial charge in [-0.05, 0) is 13.8 Å².